The van der Waals surface area contributed by atoms with Crippen LogP contribution in [0.15, 0.2) is 0 Å². The van der Waals surface area contributed by atoms with Crippen molar-refractivity contribution >= 4 is 17.9 Å². The topological polar surface area (TPSA) is 108 Å². The highest BCUT2D eigenvalue weighted by Crippen LogP contribution is 2.58. The SMILES string of the molecule is CCCCCCCCCCC(=O)O[C@@H]1CC[C@](C)(OC(C)=O)[C@H]2O[C@@H](C[C@@]1(C)O)[C@H]1[C@@H]2[C@H](C(C)C)CC[C@]1(C)OC(C)=O. The molecule has 0 unspecified atom stereocenters. The fraction of sp³-hybridized carbons (Fsp3) is 0.914. The van der Waals surface area contributed by atoms with E-state index in [9.17, 15) is 19.5 Å². The number of carbonyl (C=O) groups is 3. The fourth-order valence-electron chi connectivity index (χ4n) is 8.51. The molecule has 43 heavy (non-hydrogen) atoms. The van der Waals surface area contributed by atoms with E-state index in [2.05, 4.69) is 20.8 Å². The van der Waals surface area contributed by atoms with Crippen LogP contribution in [0.3, 0.4) is 0 Å². The molecule has 8 heteroatoms. The summed E-state index contributed by atoms with van der Waals surface area (Å²) >= 11 is 0. The van der Waals surface area contributed by atoms with Gasteiger partial charge in [0.2, 0.25) is 0 Å². The van der Waals surface area contributed by atoms with Gasteiger partial charge in [-0.05, 0) is 64.7 Å². The maximum Gasteiger partial charge on any atom is 0.306 e. The minimum Gasteiger partial charge on any atom is -0.459 e. The predicted octanol–water partition coefficient (Wildman–Crippen LogP) is 7.07. The van der Waals surface area contributed by atoms with Gasteiger partial charge in [0, 0.05) is 38.5 Å². The molecule has 2 saturated heterocycles. The first-order valence-electron chi connectivity index (χ1n) is 17.1. The number of aliphatic hydroxyl groups is 1. The van der Waals surface area contributed by atoms with Crippen molar-refractivity contribution in [2.45, 2.75) is 180 Å². The van der Waals surface area contributed by atoms with E-state index < -0.39 is 41.1 Å². The molecular weight excluding hydrogens is 548 g/mol. The summed E-state index contributed by atoms with van der Waals surface area (Å²) in [7, 11) is 0. The van der Waals surface area contributed by atoms with Gasteiger partial charge in [-0.3, -0.25) is 14.4 Å². The van der Waals surface area contributed by atoms with E-state index in [1.54, 1.807) is 6.92 Å². The van der Waals surface area contributed by atoms with Crippen LogP contribution in [0.1, 0.15) is 145 Å². The van der Waals surface area contributed by atoms with Gasteiger partial charge in [0.15, 0.2) is 0 Å². The Hall–Kier alpha value is -1.67. The maximum absolute atomic E-state index is 13.0. The number of hydrogen-bond acceptors (Lipinski definition) is 8. The quantitative estimate of drug-likeness (QED) is 0.134. The minimum absolute atomic E-state index is 0.0377. The molecule has 0 amide bonds. The number of hydrogen-bond donors (Lipinski definition) is 1. The van der Waals surface area contributed by atoms with Crippen molar-refractivity contribution in [3.05, 3.63) is 0 Å². The Morgan fingerprint density at radius 3 is 2.00 bits per heavy atom. The molecule has 0 aromatic carbocycles. The number of unbranched alkanes of at least 4 members (excludes halogenated alkanes) is 7. The van der Waals surface area contributed by atoms with E-state index in [-0.39, 0.29) is 36.1 Å². The largest absolute Gasteiger partial charge is 0.459 e. The van der Waals surface area contributed by atoms with E-state index in [1.165, 1.54) is 46.0 Å². The average Bonchev–Trinajstić information content (AvgIpc) is 3.28. The van der Waals surface area contributed by atoms with Gasteiger partial charge in [-0.1, -0.05) is 65.7 Å². The molecule has 1 saturated carbocycles. The summed E-state index contributed by atoms with van der Waals surface area (Å²) in [5.74, 6) is -0.700. The van der Waals surface area contributed by atoms with Crippen LogP contribution in [-0.4, -0.2) is 58.1 Å². The van der Waals surface area contributed by atoms with E-state index in [0.29, 0.717) is 31.6 Å². The van der Waals surface area contributed by atoms with Crippen molar-refractivity contribution in [3.63, 3.8) is 0 Å². The van der Waals surface area contributed by atoms with Crippen molar-refractivity contribution in [2.75, 3.05) is 0 Å². The third-order valence-corrected chi connectivity index (χ3v) is 10.6. The first-order valence-corrected chi connectivity index (χ1v) is 17.1. The lowest BCUT2D eigenvalue weighted by Gasteiger charge is -2.51. The van der Waals surface area contributed by atoms with Gasteiger partial charge in [-0.2, -0.15) is 0 Å². The second-order valence-electron chi connectivity index (χ2n) is 14.8. The molecule has 1 N–H and O–H groups in total. The molecule has 9 atom stereocenters. The van der Waals surface area contributed by atoms with Crippen molar-refractivity contribution in [1.29, 1.82) is 0 Å². The number of fused-ring (bicyclic) bond motifs is 5. The molecular formula is C35H60O8. The molecule has 0 spiro atoms. The van der Waals surface area contributed by atoms with Crippen molar-refractivity contribution < 1.29 is 38.4 Å². The van der Waals surface area contributed by atoms with E-state index in [0.717, 1.165) is 25.7 Å². The van der Waals surface area contributed by atoms with Crippen LogP contribution in [-0.2, 0) is 33.3 Å². The monoisotopic (exact) mass is 608 g/mol. The molecule has 8 nitrogen and oxygen atoms in total. The van der Waals surface area contributed by atoms with Gasteiger partial charge in [-0.25, -0.2) is 0 Å². The Labute approximate surface area is 260 Å². The summed E-state index contributed by atoms with van der Waals surface area (Å²) in [6, 6.07) is 0. The second kappa shape index (κ2) is 15.1. The van der Waals surface area contributed by atoms with Crippen molar-refractivity contribution in [2.24, 2.45) is 23.7 Å². The summed E-state index contributed by atoms with van der Waals surface area (Å²) in [5.41, 5.74) is -3.19. The molecule has 0 aromatic rings. The molecule has 3 aliphatic rings. The van der Waals surface area contributed by atoms with Gasteiger partial charge in [-0.15, -0.1) is 0 Å². The number of ether oxygens (including phenoxy) is 4. The number of esters is 3. The highest BCUT2D eigenvalue weighted by atomic mass is 16.6. The van der Waals surface area contributed by atoms with Crippen molar-refractivity contribution in [3.8, 4) is 0 Å². The lowest BCUT2D eigenvalue weighted by molar-refractivity contribution is -0.185. The lowest BCUT2D eigenvalue weighted by Crippen LogP contribution is -2.58. The summed E-state index contributed by atoms with van der Waals surface area (Å²) in [4.78, 5) is 37.8. The maximum atomic E-state index is 13.0. The zero-order valence-electron chi connectivity index (χ0n) is 28.2. The molecule has 0 aromatic heterocycles. The van der Waals surface area contributed by atoms with Crippen LogP contribution >= 0.6 is 0 Å². The molecule has 3 fully saturated rings. The van der Waals surface area contributed by atoms with Crippen LogP contribution in [0.5, 0.6) is 0 Å². The minimum atomic E-state index is -1.39. The van der Waals surface area contributed by atoms with Gasteiger partial charge >= 0.3 is 17.9 Å². The third-order valence-electron chi connectivity index (χ3n) is 10.6. The van der Waals surface area contributed by atoms with E-state index in [1.807, 2.05) is 13.8 Å². The summed E-state index contributed by atoms with van der Waals surface area (Å²) in [6.07, 6.45) is 10.2. The van der Waals surface area contributed by atoms with Gasteiger partial charge in [0.25, 0.3) is 0 Å². The van der Waals surface area contributed by atoms with Crippen LogP contribution < -0.4 is 0 Å². The Bertz CT molecular complexity index is 946. The Kier molecular flexibility index (Phi) is 12.6. The number of rotatable bonds is 13. The fourth-order valence-corrected chi connectivity index (χ4v) is 8.51. The summed E-state index contributed by atoms with van der Waals surface area (Å²) in [6.45, 7) is 15.1. The Balaban J connectivity index is 1.84. The highest BCUT2D eigenvalue weighted by molar-refractivity contribution is 5.69. The third kappa shape index (κ3) is 8.96. The average molecular weight is 609 g/mol. The first kappa shape index (κ1) is 35.8. The van der Waals surface area contributed by atoms with Crippen molar-refractivity contribution in [1.82, 2.24) is 0 Å². The molecule has 0 radical (unpaired) electrons. The normalized spacial score (nSPS) is 37.5. The molecule has 3 rings (SSSR count). The number of carbonyl (C=O) groups excluding carboxylic acids is 3. The summed E-state index contributed by atoms with van der Waals surface area (Å²) < 4.78 is 25.0. The van der Waals surface area contributed by atoms with Crippen LogP contribution in [0.25, 0.3) is 0 Å². The second-order valence-corrected chi connectivity index (χ2v) is 14.8. The highest BCUT2D eigenvalue weighted by Gasteiger charge is 2.65. The van der Waals surface area contributed by atoms with Crippen LogP contribution in [0, 0.1) is 23.7 Å². The first-order chi connectivity index (χ1) is 20.1. The van der Waals surface area contributed by atoms with Gasteiger partial charge < -0.3 is 24.1 Å². The van der Waals surface area contributed by atoms with Crippen LogP contribution in [0.4, 0.5) is 0 Å². The van der Waals surface area contributed by atoms with Crippen LogP contribution in [0.2, 0.25) is 0 Å². The van der Waals surface area contributed by atoms with E-state index in [4.69, 9.17) is 18.9 Å². The Morgan fingerprint density at radius 2 is 1.42 bits per heavy atom. The molecule has 2 aliphatic heterocycles. The zero-order valence-corrected chi connectivity index (χ0v) is 28.2. The van der Waals surface area contributed by atoms with Gasteiger partial charge in [0.05, 0.1) is 6.10 Å². The predicted molar refractivity (Wildman–Crippen MR) is 165 cm³/mol. The molecule has 1 aliphatic carbocycles. The van der Waals surface area contributed by atoms with Gasteiger partial charge in [0.1, 0.15) is 29.0 Å². The van der Waals surface area contributed by atoms with E-state index >= 15 is 0 Å². The Morgan fingerprint density at radius 1 is 0.860 bits per heavy atom. The standard InChI is InChI=1S/C35H60O8/c1-9-10-11-12-13-14-15-16-17-29(38)41-28-19-21-35(8,43-25(5)37)32-30-26(23(2)3)18-20-34(7,42-24(4)36)31(30)27(40-32)22-33(28,6)39/h23,26-28,30-32,39H,9-22H2,1-8H3/t26-,27-,28+,30-,31-,32-,33+,34-,35-/m0/s1. The molecule has 2 bridgehead atoms. The lowest BCUT2D eigenvalue weighted by atomic mass is 9.57. The molecule has 248 valence electrons. The molecule has 2 heterocycles. The summed E-state index contributed by atoms with van der Waals surface area (Å²) in [5, 5.41) is 11.9. The zero-order chi connectivity index (χ0) is 32.0. The smallest absolute Gasteiger partial charge is 0.306 e.